The van der Waals surface area contributed by atoms with Crippen LogP contribution >= 0.6 is 28.6 Å². The Bertz CT molecular complexity index is 127. The molecule has 0 atom stereocenters. The quantitative estimate of drug-likeness (QED) is 0.676. The minimum absolute atomic E-state index is 0.473. The fraction of sp³-hybridized carbons (Fsp3) is 1.00. The lowest BCUT2D eigenvalue weighted by Gasteiger charge is -2.42. The first-order valence-electron chi connectivity index (χ1n) is 3.87. The summed E-state index contributed by atoms with van der Waals surface area (Å²) in [5.74, 6) is 0. The van der Waals surface area contributed by atoms with Crippen molar-refractivity contribution in [2.24, 2.45) is 0 Å². The van der Waals surface area contributed by atoms with Gasteiger partial charge in [-0.2, -0.15) is 0 Å². The Labute approximate surface area is 83.3 Å². The van der Waals surface area contributed by atoms with Gasteiger partial charge in [0.2, 0.25) is 0 Å². The number of nitrogens with zero attached hydrogens (tertiary/aromatic N) is 2. The zero-order chi connectivity index (χ0) is 8.48. The van der Waals surface area contributed by atoms with Gasteiger partial charge in [0, 0.05) is 26.2 Å². The highest BCUT2D eigenvalue weighted by molar-refractivity contribution is 14.2. The fourth-order valence-corrected chi connectivity index (χ4v) is 3.44. The van der Waals surface area contributed by atoms with Crippen molar-refractivity contribution in [2.75, 3.05) is 45.7 Å². The SMILES string of the molecule is CN1CCN(S(C)(C)I)CC1. The van der Waals surface area contributed by atoms with E-state index in [4.69, 9.17) is 0 Å². The number of likely N-dealkylation sites (N-methyl/N-ethyl adjacent to an activating group) is 1. The van der Waals surface area contributed by atoms with Crippen LogP contribution in [0.3, 0.4) is 0 Å². The topological polar surface area (TPSA) is 6.48 Å². The van der Waals surface area contributed by atoms with Crippen molar-refractivity contribution in [2.45, 2.75) is 0 Å². The summed E-state index contributed by atoms with van der Waals surface area (Å²) in [6, 6.07) is 0. The highest BCUT2D eigenvalue weighted by atomic mass is 127. The zero-order valence-electron chi connectivity index (χ0n) is 7.51. The van der Waals surface area contributed by atoms with Gasteiger partial charge < -0.3 is 4.90 Å². The number of hydrogen-bond donors (Lipinski definition) is 0. The van der Waals surface area contributed by atoms with Gasteiger partial charge in [0.15, 0.2) is 0 Å². The van der Waals surface area contributed by atoms with E-state index in [1.165, 1.54) is 26.2 Å². The second-order valence-electron chi connectivity index (χ2n) is 3.38. The summed E-state index contributed by atoms with van der Waals surface area (Å²) in [6.07, 6.45) is 4.72. The molecule has 0 aliphatic carbocycles. The van der Waals surface area contributed by atoms with Crippen LogP contribution in [0.2, 0.25) is 0 Å². The lowest BCUT2D eigenvalue weighted by atomic mass is 10.4. The maximum atomic E-state index is 2.62. The molecular formula is C7H17IN2S. The van der Waals surface area contributed by atoms with E-state index in [9.17, 15) is 0 Å². The van der Waals surface area contributed by atoms with E-state index in [1.807, 2.05) is 0 Å². The molecule has 0 bridgehead atoms. The molecular weight excluding hydrogens is 271 g/mol. The molecule has 2 nitrogen and oxygen atoms in total. The molecule has 0 aromatic carbocycles. The van der Waals surface area contributed by atoms with Crippen LogP contribution in [0.15, 0.2) is 0 Å². The molecule has 0 aromatic rings. The standard InChI is InChI=1S/C7H17IN2S/c1-9-4-6-10(7-5-9)11(2,3)8/h4-7H2,1-3H3. The molecule has 1 aliphatic heterocycles. The maximum Gasteiger partial charge on any atom is 0.0209 e. The Balaban J connectivity index is 2.39. The van der Waals surface area contributed by atoms with Gasteiger partial charge in [-0.15, -0.1) is 7.39 Å². The van der Waals surface area contributed by atoms with Gasteiger partial charge in [-0.05, 0) is 40.8 Å². The van der Waals surface area contributed by atoms with Crippen molar-refractivity contribution in [3.63, 3.8) is 0 Å². The van der Waals surface area contributed by atoms with E-state index in [0.717, 1.165) is 0 Å². The predicted molar refractivity (Wildman–Crippen MR) is 62.5 cm³/mol. The smallest absolute Gasteiger partial charge is 0.0209 e. The van der Waals surface area contributed by atoms with Crippen molar-refractivity contribution in [1.82, 2.24) is 9.21 Å². The normalized spacial score (nSPS) is 25.5. The fourth-order valence-electron chi connectivity index (χ4n) is 1.22. The molecule has 1 heterocycles. The first-order chi connectivity index (χ1) is 5.00. The molecule has 11 heavy (non-hydrogen) atoms. The van der Waals surface area contributed by atoms with Crippen molar-refractivity contribution >= 4 is 28.6 Å². The molecule has 0 radical (unpaired) electrons. The number of halogens is 1. The molecule has 68 valence electrons. The van der Waals surface area contributed by atoms with Crippen LogP contribution in [-0.2, 0) is 0 Å². The van der Waals surface area contributed by atoms with E-state index >= 15 is 0 Å². The Morgan fingerprint density at radius 3 is 1.91 bits per heavy atom. The van der Waals surface area contributed by atoms with Gasteiger partial charge in [0.05, 0.1) is 0 Å². The van der Waals surface area contributed by atoms with Gasteiger partial charge in [0.1, 0.15) is 0 Å². The highest BCUT2D eigenvalue weighted by Gasteiger charge is 2.21. The number of rotatable bonds is 1. The Morgan fingerprint density at radius 1 is 1.09 bits per heavy atom. The molecule has 4 heteroatoms. The van der Waals surface area contributed by atoms with Crippen LogP contribution in [-0.4, -0.2) is 54.9 Å². The molecule has 0 saturated carbocycles. The summed E-state index contributed by atoms with van der Waals surface area (Å²) in [7, 11) is 1.73. The van der Waals surface area contributed by atoms with Gasteiger partial charge in [-0.25, -0.2) is 0 Å². The van der Waals surface area contributed by atoms with Gasteiger partial charge in [-0.3, -0.25) is 4.31 Å². The van der Waals surface area contributed by atoms with Crippen LogP contribution in [0.25, 0.3) is 0 Å². The summed E-state index contributed by atoms with van der Waals surface area (Å²) in [4.78, 5) is 2.40. The second-order valence-corrected chi connectivity index (χ2v) is 12.7. The average molecular weight is 288 g/mol. The van der Waals surface area contributed by atoms with Gasteiger partial charge >= 0.3 is 0 Å². The molecule has 1 saturated heterocycles. The summed E-state index contributed by atoms with van der Waals surface area (Å²) in [5, 5.41) is 0. The molecule has 1 fully saturated rings. The van der Waals surface area contributed by atoms with Crippen molar-refractivity contribution in [3.05, 3.63) is 0 Å². The van der Waals surface area contributed by atoms with Crippen LogP contribution in [0.4, 0.5) is 0 Å². The highest BCUT2D eigenvalue weighted by Crippen LogP contribution is 2.52. The van der Waals surface area contributed by atoms with Crippen LogP contribution in [0.1, 0.15) is 0 Å². The van der Waals surface area contributed by atoms with Crippen molar-refractivity contribution in [3.8, 4) is 0 Å². The molecule has 0 aromatic heterocycles. The molecule has 0 N–H and O–H groups in total. The van der Waals surface area contributed by atoms with Gasteiger partial charge in [-0.1, -0.05) is 0 Å². The van der Waals surface area contributed by atoms with Crippen molar-refractivity contribution in [1.29, 1.82) is 0 Å². The summed E-state index contributed by atoms with van der Waals surface area (Å²) < 4.78 is 2.62. The predicted octanol–water partition coefficient (Wildman–Crippen LogP) is 1.56. The molecule has 1 rings (SSSR count). The molecule has 0 amide bonds. The number of piperazine rings is 1. The van der Waals surface area contributed by atoms with E-state index < -0.39 is 7.39 Å². The zero-order valence-corrected chi connectivity index (χ0v) is 10.5. The van der Waals surface area contributed by atoms with E-state index in [-0.39, 0.29) is 0 Å². The summed E-state index contributed by atoms with van der Waals surface area (Å²) >= 11 is 2.59. The first kappa shape index (κ1) is 10.1. The van der Waals surface area contributed by atoms with Crippen molar-refractivity contribution < 1.29 is 0 Å². The van der Waals surface area contributed by atoms with Crippen LogP contribution in [0.5, 0.6) is 0 Å². The Kier molecular flexibility index (Phi) is 3.49. The van der Waals surface area contributed by atoms with Gasteiger partial charge in [0.25, 0.3) is 0 Å². The lowest BCUT2D eigenvalue weighted by Crippen LogP contribution is -2.43. The monoisotopic (exact) mass is 288 g/mol. The van der Waals surface area contributed by atoms with E-state index in [2.05, 4.69) is 50.0 Å². The third kappa shape index (κ3) is 3.08. The molecule has 0 spiro atoms. The van der Waals surface area contributed by atoms with Crippen LogP contribution < -0.4 is 0 Å². The second kappa shape index (κ2) is 3.81. The minimum Gasteiger partial charge on any atom is -0.304 e. The maximum absolute atomic E-state index is 2.62. The third-order valence-electron chi connectivity index (χ3n) is 2.08. The summed E-state index contributed by atoms with van der Waals surface area (Å²) in [6.45, 7) is 4.97. The lowest BCUT2D eigenvalue weighted by molar-refractivity contribution is 0.232. The summed E-state index contributed by atoms with van der Waals surface area (Å²) in [5.41, 5.74) is 0. The largest absolute Gasteiger partial charge is 0.304 e. The Morgan fingerprint density at radius 2 is 1.55 bits per heavy atom. The number of hydrogen-bond acceptors (Lipinski definition) is 2. The first-order valence-corrected chi connectivity index (χ1v) is 8.81. The average Bonchev–Trinajstić information content (AvgIpc) is 1.86. The van der Waals surface area contributed by atoms with Crippen LogP contribution in [0, 0.1) is 0 Å². The van der Waals surface area contributed by atoms with E-state index in [0.29, 0.717) is 0 Å². The third-order valence-corrected chi connectivity index (χ3v) is 5.34. The molecule has 0 unspecified atom stereocenters. The van der Waals surface area contributed by atoms with E-state index in [1.54, 1.807) is 0 Å². The molecule has 1 aliphatic rings. The minimum atomic E-state index is -0.473. The Hall–Kier alpha value is 1.00.